The second-order valence-electron chi connectivity index (χ2n) is 5.17. The molecule has 0 aliphatic heterocycles. The number of benzene rings is 2. The number of nitrogens with one attached hydrogen (secondary N) is 1. The fourth-order valence-electron chi connectivity index (χ4n) is 1.92. The maximum absolute atomic E-state index is 11.7. The predicted octanol–water partition coefficient (Wildman–Crippen LogP) is 2.61. The zero-order chi connectivity index (χ0) is 19.3. The average Bonchev–Trinajstić information content (AvgIpc) is 2.56. The highest BCUT2D eigenvalue weighted by atomic mass is 79.9. The Kier molecular flexibility index (Phi) is 6.12. The number of ether oxygens (including phenoxy) is 1. The lowest BCUT2D eigenvalue weighted by Gasteiger charge is -2.07. The van der Waals surface area contributed by atoms with Crippen LogP contribution in [0.1, 0.15) is 11.1 Å². The van der Waals surface area contributed by atoms with Gasteiger partial charge in [0, 0.05) is 0 Å². The minimum atomic E-state index is -0.750. The largest absolute Gasteiger partial charge is 0.504 e. The Balaban J connectivity index is 1.99. The number of hydrazone groups is 1. The van der Waals surface area contributed by atoms with E-state index in [4.69, 9.17) is 4.74 Å². The molecule has 1 amide bonds. The highest BCUT2D eigenvalue weighted by Gasteiger charge is 2.16. The number of nitro groups is 1. The number of amides is 1. The highest BCUT2D eigenvalue weighted by Crippen LogP contribution is 2.31. The molecule has 2 aromatic rings. The molecule has 0 bridgehead atoms. The summed E-state index contributed by atoms with van der Waals surface area (Å²) in [5, 5.41) is 33.3. The van der Waals surface area contributed by atoms with Gasteiger partial charge in [0.05, 0.1) is 27.2 Å². The Morgan fingerprint density at radius 2 is 2.04 bits per heavy atom. The topological polar surface area (TPSA) is 134 Å². The van der Waals surface area contributed by atoms with E-state index in [0.29, 0.717) is 10.2 Å². The average molecular weight is 424 g/mol. The van der Waals surface area contributed by atoms with Crippen molar-refractivity contribution >= 4 is 33.7 Å². The predicted molar refractivity (Wildman–Crippen MR) is 96.5 cm³/mol. The number of phenols is 2. The van der Waals surface area contributed by atoms with Crippen LogP contribution in [0.25, 0.3) is 0 Å². The summed E-state index contributed by atoms with van der Waals surface area (Å²) < 4.78 is 6.04. The van der Waals surface area contributed by atoms with Crippen LogP contribution in [0.15, 0.2) is 39.9 Å². The molecule has 0 unspecified atom stereocenters. The number of hydrogen-bond acceptors (Lipinski definition) is 7. The molecule has 0 atom stereocenters. The normalized spacial score (nSPS) is 10.7. The zero-order valence-electron chi connectivity index (χ0n) is 13.5. The van der Waals surface area contributed by atoms with Crippen LogP contribution in [0.2, 0.25) is 0 Å². The van der Waals surface area contributed by atoms with Crippen molar-refractivity contribution in [2.45, 2.75) is 6.92 Å². The zero-order valence-corrected chi connectivity index (χ0v) is 15.1. The Morgan fingerprint density at radius 3 is 2.69 bits per heavy atom. The van der Waals surface area contributed by atoms with Crippen LogP contribution in [0.5, 0.6) is 17.2 Å². The highest BCUT2D eigenvalue weighted by molar-refractivity contribution is 9.10. The second kappa shape index (κ2) is 8.30. The van der Waals surface area contributed by atoms with Gasteiger partial charge in [-0.3, -0.25) is 14.9 Å². The number of carbonyl (C=O) groups is 1. The SMILES string of the molecule is Cc1ccc(OCC(=O)NN=Cc2cc(O)c(O)cc2[N+](=O)[O-])c(Br)c1. The molecule has 3 N–H and O–H groups in total. The van der Waals surface area contributed by atoms with Gasteiger partial charge in [-0.25, -0.2) is 5.43 Å². The summed E-state index contributed by atoms with van der Waals surface area (Å²) in [5.74, 6) is -1.28. The fraction of sp³-hybridized carbons (Fsp3) is 0.125. The van der Waals surface area contributed by atoms with Crippen molar-refractivity contribution in [1.29, 1.82) is 0 Å². The van der Waals surface area contributed by atoms with Crippen LogP contribution in [-0.4, -0.2) is 33.9 Å². The van der Waals surface area contributed by atoms with Gasteiger partial charge in [0.1, 0.15) is 5.75 Å². The lowest BCUT2D eigenvalue weighted by molar-refractivity contribution is -0.385. The van der Waals surface area contributed by atoms with Crippen molar-refractivity contribution in [2.75, 3.05) is 6.61 Å². The number of nitrogens with zero attached hydrogens (tertiary/aromatic N) is 2. The van der Waals surface area contributed by atoms with Crippen LogP contribution >= 0.6 is 15.9 Å². The number of aromatic hydroxyl groups is 2. The smallest absolute Gasteiger partial charge is 0.282 e. The van der Waals surface area contributed by atoms with Gasteiger partial charge >= 0.3 is 0 Å². The molecular formula is C16H14BrN3O6. The second-order valence-corrected chi connectivity index (χ2v) is 6.03. The quantitative estimate of drug-likeness (QED) is 0.283. The van der Waals surface area contributed by atoms with Crippen molar-refractivity contribution in [3.05, 3.63) is 56.0 Å². The maximum Gasteiger partial charge on any atom is 0.282 e. The van der Waals surface area contributed by atoms with Gasteiger partial charge in [-0.2, -0.15) is 5.10 Å². The van der Waals surface area contributed by atoms with Gasteiger partial charge in [0.25, 0.3) is 11.6 Å². The lowest BCUT2D eigenvalue weighted by Crippen LogP contribution is -2.24. The van der Waals surface area contributed by atoms with Gasteiger partial charge in [-0.1, -0.05) is 6.07 Å². The third-order valence-electron chi connectivity index (χ3n) is 3.16. The Labute approximate surface area is 156 Å². The minimum absolute atomic E-state index is 0.0900. The summed E-state index contributed by atoms with van der Waals surface area (Å²) in [6.07, 6.45) is 0.983. The summed E-state index contributed by atoms with van der Waals surface area (Å²) in [7, 11) is 0. The van der Waals surface area contributed by atoms with Crippen LogP contribution in [0.3, 0.4) is 0 Å². The molecule has 26 heavy (non-hydrogen) atoms. The minimum Gasteiger partial charge on any atom is -0.504 e. The summed E-state index contributed by atoms with van der Waals surface area (Å²) in [6.45, 7) is 1.60. The molecule has 0 spiro atoms. The van der Waals surface area contributed by atoms with E-state index in [0.717, 1.165) is 23.9 Å². The molecule has 0 fully saturated rings. The van der Waals surface area contributed by atoms with Crippen molar-refractivity contribution < 1.29 is 24.7 Å². The number of nitro benzene ring substituents is 1. The number of hydrogen-bond donors (Lipinski definition) is 3. The number of rotatable bonds is 6. The summed E-state index contributed by atoms with van der Waals surface area (Å²) in [6, 6.07) is 7.12. The molecular weight excluding hydrogens is 410 g/mol. The molecule has 0 radical (unpaired) electrons. The first-order chi connectivity index (χ1) is 12.3. The number of halogens is 1. The van der Waals surface area contributed by atoms with Gasteiger partial charge in [-0.15, -0.1) is 0 Å². The summed E-state index contributed by atoms with van der Waals surface area (Å²) in [5.41, 5.74) is 2.62. The van der Waals surface area contributed by atoms with Crippen LogP contribution in [0.4, 0.5) is 5.69 Å². The van der Waals surface area contributed by atoms with E-state index in [-0.39, 0.29) is 12.2 Å². The van der Waals surface area contributed by atoms with Gasteiger partial charge < -0.3 is 14.9 Å². The number of phenolic OH excluding ortho intramolecular Hbond substituents is 2. The van der Waals surface area contributed by atoms with Crippen molar-refractivity contribution in [1.82, 2.24) is 5.43 Å². The van der Waals surface area contributed by atoms with Gasteiger partial charge in [-0.05, 0) is 46.6 Å². The van der Waals surface area contributed by atoms with E-state index in [9.17, 15) is 25.1 Å². The third-order valence-corrected chi connectivity index (χ3v) is 3.78. The first-order valence-corrected chi connectivity index (χ1v) is 7.98. The monoisotopic (exact) mass is 423 g/mol. The molecule has 0 saturated heterocycles. The van der Waals surface area contributed by atoms with E-state index in [1.54, 1.807) is 6.07 Å². The van der Waals surface area contributed by atoms with Crippen molar-refractivity contribution in [3.63, 3.8) is 0 Å². The summed E-state index contributed by atoms with van der Waals surface area (Å²) in [4.78, 5) is 21.9. The Hall–Kier alpha value is -3.14. The third kappa shape index (κ3) is 4.93. The number of carbonyl (C=O) groups excluding carboxylic acids is 1. The molecule has 0 heterocycles. The Bertz CT molecular complexity index is 885. The molecule has 2 aromatic carbocycles. The molecule has 10 heteroatoms. The van der Waals surface area contributed by atoms with E-state index in [2.05, 4.69) is 26.5 Å². The van der Waals surface area contributed by atoms with Crippen LogP contribution < -0.4 is 10.2 Å². The van der Waals surface area contributed by atoms with E-state index >= 15 is 0 Å². The van der Waals surface area contributed by atoms with Gasteiger partial charge in [0.15, 0.2) is 18.1 Å². The molecule has 0 aliphatic rings. The standard InChI is InChI=1S/C16H14BrN3O6/c1-9-2-3-15(11(17)4-9)26-8-16(23)19-18-7-10-5-13(21)14(22)6-12(10)20(24)25/h2-7,21-22H,8H2,1H3,(H,19,23). The summed E-state index contributed by atoms with van der Waals surface area (Å²) >= 11 is 3.32. The van der Waals surface area contributed by atoms with E-state index < -0.39 is 28.0 Å². The first-order valence-electron chi connectivity index (χ1n) is 7.19. The lowest BCUT2D eigenvalue weighted by atomic mass is 10.1. The molecule has 136 valence electrons. The maximum atomic E-state index is 11.7. The van der Waals surface area contributed by atoms with E-state index in [1.807, 2.05) is 19.1 Å². The van der Waals surface area contributed by atoms with Crippen molar-refractivity contribution in [3.8, 4) is 17.2 Å². The van der Waals surface area contributed by atoms with Crippen molar-refractivity contribution in [2.24, 2.45) is 5.10 Å². The molecule has 0 saturated carbocycles. The fourth-order valence-corrected chi connectivity index (χ4v) is 2.52. The Morgan fingerprint density at radius 1 is 1.35 bits per heavy atom. The molecule has 0 aliphatic carbocycles. The molecule has 0 aromatic heterocycles. The van der Waals surface area contributed by atoms with Crippen LogP contribution in [0, 0.1) is 17.0 Å². The molecule has 2 rings (SSSR count). The molecule has 9 nitrogen and oxygen atoms in total. The van der Waals surface area contributed by atoms with Crippen LogP contribution in [-0.2, 0) is 4.79 Å². The first kappa shape index (κ1) is 19.2. The van der Waals surface area contributed by atoms with Gasteiger partial charge in [0.2, 0.25) is 0 Å². The number of aryl methyl sites for hydroxylation is 1. The van der Waals surface area contributed by atoms with E-state index in [1.165, 1.54) is 0 Å².